The number of rotatable bonds is 8. The Bertz CT molecular complexity index is 1210. The number of ether oxygens (including phenoxy) is 3. The Hall–Kier alpha value is -2.84. The van der Waals surface area contributed by atoms with Crippen LogP contribution in [0.15, 0.2) is 36.7 Å². The molecule has 1 aromatic carbocycles. The minimum atomic E-state index is -4.01. The van der Waals surface area contributed by atoms with Gasteiger partial charge in [-0.15, -0.1) is 0 Å². The number of benzene rings is 1. The number of hydrogen-bond donors (Lipinski definition) is 1. The molecular weight excluding hydrogens is 526 g/mol. The fourth-order valence-corrected chi connectivity index (χ4v) is 7.21. The van der Waals surface area contributed by atoms with E-state index in [4.69, 9.17) is 19.0 Å². The molecule has 5 rings (SSSR count). The van der Waals surface area contributed by atoms with E-state index in [0.29, 0.717) is 32.1 Å². The number of nitrogens with one attached hydrogen (secondary N) is 1. The largest absolute Gasteiger partial charge is 0.497 e. The normalized spacial score (nSPS) is 22.3. The molecule has 39 heavy (non-hydrogen) atoms. The maximum Gasteiger partial charge on any atom is 0.266 e. The first-order chi connectivity index (χ1) is 18.9. The first kappa shape index (κ1) is 27.7. The predicted octanol–water partition coefficient (Wildman–Crippen LogP) is 1.73. The number of aromatic nitrogens is 2. The van der Waals surface area contributed by atoms with Crippen molar-refractivity contribution < 1.29 is 32.3 Å². The maximum atomic E-state index is 13.9. The highest BCUT2D eigenvalue weighted by Gasteiger charge is 2.55. The Morgan fingerprint density at radius 1 is 1.00 bits per heavy atom. The Kier molecular flexibility index (Phi) is 8.62. The van der Waals surface area contributed by atoms with Crippen molar-refractivity contribution in [2.24, 2.45) is 0 Å². The Morgan fingerprint density at radius 3 is 2.31 bits per heavy atom. The van der Waals surface area contributed by atoms with Crippen LogP contribution in [0, 0.1) is 0 Å². The van der Waals surface area contributed by atoms with Gasteiger partial charge in [0.1, 0.15) is 5.75 Å². The molecule has 0 aliphatic carbocycles. The summed E-state index contributed by atoms with van der Waals surface area (Å²) in [7, 11) is -2.39. The van der Waals surface area contributed by atoms with Gasteiger partial charge in [0.2, 0.25) is 16.0 Å². The van der Waals surface area contributed by atoms with E-state index in [-0.39, 0.29) is 39.1 Å². The van der Waals surface area contributed by atoms with Gasteiger partial charge < -0.3 is 19.1 Å². The first-order valence-corrected chi connectivity index (χ1v) is 14.7. The van der Waals surface area contributed by atoms with Gasteiger partial charge in [-0.2, -0.15) is 4.31 Å². The number of carbonyl (C=O) groups is 1. The second kappa shape index (κ2) is 12.1. The van der Waals surface area contributed by atoms with Gasteiger partial charge in [0.05, 0.1) is 7.11 Å². The van der Waals surface area contributed by atoms with Gasteiger partial charge in [0.15, 0.2) is 11.0 Å². The van der Waals surface area contributed by atoms with Crippen molar-refractivity contribution in [3.8, 4) is 16.9 Å². The Balaban J connectivity index is 1.23. The average Bonchev–Trinajstić information content (AvgIpc) is 3.01. The van der Waals surface area contributed by atoms with E-state index in [1.807, 2.05) is 29.2 Å². The molecular formula is C26H35N5O7S. The van der Waals surface area contributed by atoms with E-state index in [1.165, 1.54) is 4.31 Å². The third-order valence-electron chi connectivity index (χ3n) is 7.55. The third-order valence-corrected chi connectivity index (χ3v) is 10.2. The van der Waals surface area contributed by atoms with Crippen molar-refractivity contribution >= 4 is 21.9 Å². The number of sulfonamides is 1. The highest BCUT2D eigenvalue weighted by Crippen LogP contribution is 2.34. The predicted molar refractivity (Wildman–Crippen MR) is 142 cm³/mol. The molecule has 1 aromatic heterocycles. The molecule has 4 heterocycles. The molecule has 0 radical (unpaired) electrons. The Morgan fingerprint density at radius 2 is 1.69 bits per heavy atom. The van der Waals surface area contributed by atoms with E-state index >= 15 is 0 Å². The van der Waals surface area contributed by atoms with Crippen LogP contribution in [0.2, 0.25) is 0 Å². The summed E-state index contributed by atoms with van der Waals surface area (Å²) in [5.74, 6) is 0.637. The lowest BCUT2D eigenvalue weighted by molar-refractivity contribution is -0.202. The molecule has 1 amide bonds. The molecule has 13 heteroatoms. The highest BCUT2D eigenvalue weighted by atomic mass is 32.2. The first-order valence-electron chi connectivity index (χ1n) is 13.3. The van der Waals surface area contributed by atoms with E-state index in [9.17, 15) is 13.2 Å². The van der Waals surface area contributed by atoms with Crippen molar-refractivity contribution in [3.05, 3.63) is 36.7 Å². The fraction of sp³-hybridized carbons (Fsp3) is 0.577. The summed E-state index contributed by atoms with van der Waals surface area (Å²) in [5, 5.41) is 0. The second-order valence-electron chi connectivity index (χ2n) is 9.84. The molecule has 3 aliphatic heterocycles. The van der Waals surface area contributed by atoms with Crippen LogP contribution in [0.5, 0.6) is 5.75 Å². The van der Waals surface area contributed by atoms with Gasteiger partial charge in [-0.05, 0) is 30.5 Å². The van der Waals surface area contributed by atoms with Gasteiger partial charge in [-0.1, -0.05) is 12.1 Å². The van der Waals surface area contributed by atoms with Crippen LogP contribution in [-0.2, 0) is 29.1 Å². The number of amides is 1. The zero-order valence-corrected chi connectivity index (χ0v) is 22.9. The van der Waals surface area contributed by atoms with Crippen molar-refractivity contribution in [1.29, 1.82) is 0 Å². The number of carbonyl (C=O) groups excluding carboxylic acids is 1. The monoisotopic (exact) mass is 561 g/mol. The molecule has 212 valence electrons. The number of methoxy groups -OCH3 is 1. The van der Waals surface area contributed by atoms with Gasteiger partial charge in [0, 0.05) is 83.2 Å². The number of anilines is 1. The van der Waals surface area contributed by atoms with Crippen LogP contribution >= 0.6 is 0 Å². The summed E-state index contributed by atoms with van der Waals surface area (Å²) in [6.45, 7) is 2.16. The Labute approximate surface area is 228 Å². The molecule has 2 aromatic rings. The topological polar surface area (TPSA) is 132 Å². The summed E-state index contributed by atoms with van der Waals surface area (Å²) in [6.07, 6.45) is 5.58. The van der Waals surface area contributed by atoms with Crippen LogP contribution in [-0.4, -0.2) is 92.7 Å². The molecule has 0 saturated carbocycles. The average molecular weight is 562 g/mol. The highest BCUT2D eigenvalue weighted by molar-refractivity contribution is 7.91. The molecule has 1 atom stereocenters. The van der Waals surface area contributed by atoms with Crippen molar-refractivity contribution in [2.75, 3.05) is 58.0 Å². The van der Waals surface area contributed by atoms with Gasteiger partial charge in [-0.25, -0.2) is 28.7 Å². The minimum absolute atomic E-state index is 0.0617. The van der Waals surface area contributed by atoms with Gasteiger partial charge in [-0.3, -0.25) is 4.79 Å². The van der Waals surface area contributed by atoms with Gasteiger partial charge >= 0.3 is 0 Å². The molecule has 3 saturated heterocycles. The van der Waals surface area contributed by atoms with Crippen molar-refractivity contribution in [3.63, 3.8) is 0 Å². The van der Waals surface area contributed by atoms with Crippen LogP contribution in [0.4, 0.5) is 5.95 Å². The molecule has 0 bridgehead atoms. The smallest absolute Gasteiger partial charge is 0.266 e. The van der Waals surface area contributed by atoms with Crippen LogP contribution in [0.1, 0.15) is 32.1 Å². The zero-order chi connectivity index (χ0) is 27.3. The summed E-state index contributed by atoms with van der Waals surface area (Å²) in [5.41, 5.74) is 4.25. The molecule has 3 aliphatic rings. The van der Waals surface area contributed by atoms with E-state index < -0.39 is 27.0 Å². The number of hydrogen-bond acceptors (Lipinski definition) is 10. The van der Waals surface area contributed by atoms with E-state index in [1.54, 1.807) is 19.5 Å². The minimum Gasteiger partial charge on any atom is -0.497 e. The number of nitrogens with zero attached hydrogens (tertiary/aromatic N) is 4. The standard InChI is InChI=1S/C26H35N5O7S/c1-35-22-7-5-20(6-8-22)21-18-27-25(28-19-21)30-11-13-31(14-12-30)39(33,34)26(9-16-36-17-10-26)24(32)29-38-23-4-2-3-15-37-23/h5-8,18-19,23H,2-4,9-17H2,1H3,(H,29,32). The van der Waals surface area contributed by atoms with Crippen LogP contribution in [0.3, 0.4) is 0 Å². The van der Waals surface area contributed by atoms with Crippen molar-refractivity contribution in [2.45, 2.75) is 43.1 Å². The molecule has 3 fully saturated rings. The van der Waals surface area contributed by atoms with E-state index in [0.717, 1.165) is 29.7 Å². The molecule has 0 spiro atoms. The van der Waals surface area contributed by atoms with Gasteiger partial charge in [0.25, 0.3) is 5.91 Å². The van der Waals surface area contributed by atoms with Crippen LogP contribution in [0.25, 0.3) is 11.1 Å². The number of hydroxylamine groups is 1. The lowest BCUT2D eigenvalue weighted by Crippen LogP contribution is -2.62. The zero-order valence-electron chi connectivity index (χ0n) is 22.1. The summed E-state index contributed by atoms with van der Waals surface area (Å²) >= 11 is 0. The molecule has 1 N–H and O–H groups in total. The maximum absolute atomic E-state index is 13.9. The lowest BCUT2D eigenvalue weighted by atomic mass is 9.98. The summed E-state index contributed by atoms with van der Waals surface area (Å²) in [6, 6.07) is 7.64. The third kappa shape index (κ3) is 5.87. The lowest BCUT2D eigenvalue weighted by Gasteiger charge is -2.41. The summed E-state index contributed by atoms with van der Waals surface area (Å²) < 4.78 is 43.7. The summed E-state index contributed by atoms with van der Waals surface area (Å²) in [4.78, 5) is 29.8. The van der Waals surface area contributed by atoms with Crippen LogP contribution < -0.4 is 15.1 Å². The van der Waals surface area contributed by atoms with Crippen molar-refractivity contribution in [1.82, 2.24) is 19.8 Å². The SMILES string of the molecule is COc1ccc(-c2cnc(N3CCN(S(=O)(=O)C4(C(=O)NOC5CCCCO5)CCOCC4)CC3)nc2)cc1. The van der Waals surface area contributed by atoms with E-state index in [2.05, 4.69) is 15.4 Å². The number of piperazine rings is 1. The quantitative estimate of drug-likeness (QED) is 0.475. The molecule has 1 unspecified atom stereocenters. The fourth-order valence-electron chi connectivity index (χ4n) is 5.11. The molecule has 12 nitrogen and oxygen atoms in total. The second-order valence-corrected chi connectivity index (χ2v) is 12.1.